The number of rotatable bonds is 3. The Hall–Kier alpha value is -1.26. The van der Waals surface area contributed by atoms with Gasteiger partial charge < -0.3 is 16.4 Å². The van der Waals surface area contributed by atoms with Crippen LogP contribution in [0.4, 0.5) is 0 Å². The number of nitrogens with zero attached hydrogens (tertiary/aromatic N) is 2. The average Bonchev–Trinajstić information content (AvgIpc) is 2.62. The lowest BCUT2D eigenvalue weighted by molar-refractivity contribution is -0.121. The largest absolute Gasteiger partial charge is 0.370 e. The summed E-state index contributed by atoms with van der Waals surface area (Å²) in [6, 6.07) is -0.254. The number of hydrogen-bond donors (Lipinski definition) is 2. The Labute approximate surface area is 84.1 Å². The van der Waals surface area contributed by atoms with Crippen LogP contribution in [0, 0.1) is 0 Å². The standard InChI is InChI=1S/C9H18N4O/c1-2-5-12-9(11)13-6-3-4-7(13)8(10)14/h7H,2-6H2,1H3,(H2,10,14)(H2,11,12). The lowest BCUT2D eigenvalue weighted by atomic mass is 10.2. The Balaban J connectivity index is 2.61. The summed E-state index contributed by atoms with van der Waals surface area (Å²) < 4.78 is 0. The van der Waals surface area contributed by atoms with Crippen molar-refractivity contribution in [1.29, 1.82) is 0 Å². The maximum Gasteiger partial charge on any atom is 0.240 e. The first-order chi connectivity index (χ1) is 6.66. The highest BCUT2D eigenvalue weighted by molar-refractivity contribution is 5.87. The molecule has 1 fully saturated rings. The molecule has 0 aliphatic carbocycles. The summed E-state index contributed by atoms with van der Waals surface area (Å²) in [5, 5.41) is 0. The van der Waals surface area contributed by atoms with Crippen LogP contribution < -0.4 is 11.5 Å². The van der Waals surface area contributed by atoms with Gasteiger partial charge in [-0.05, 0) is 19.3 Å². The van der Waals surface area contributed by atoms with Gasteiger partial charge in [-0.15, -0.1) is 0 Å². The van der Waals surface area contributed by atoms with E-state index in [0.717, 1.165) is 25.8 Å². The summed E-state index contributed by atoms with van der Waals surface area (Å²) >= 11 is 0. The molecule has 80 valence electrons. The summed E-state index contributed by atoms with van der Waals surface area (Å²) in [4.78, 5) is 17.0. The van der Waals surface area contributed by atoms with Crippen LogP contribution in [0.15, 0.2) is 4.99 Å². The van der Waals surface area contributed by atoms with Crippen LogP contribution in [0.2, 0.25) is 0 Å². The fourth-order valence-corrected chi connectivity index (χ4v) is 1.65. The summed E-state index contributed by atoms with van der Waals surface area (Å²) in [5.41, 5.74) is 11.0. The Morgan fingerprint density at radius 3 is 2.86 bits per heavy atom. The Morgan fingerprint density at radius 1 is 1.57 bits per heavy atom. The fourth-order valence-electron chi connectivity index (χ4n) is 1.65. The predicted octanol–water partition coefficient (Wildman–Crippen LogP) is -0.339. The van der Waals surface area contributed by atoms with Gasteiger partial charge in [0.2, 0.25) is 5.91 Å². The highest BCUT2D eigenvalue weighted by Gasteiger charge is 2.30. The Kier molecular flexibility index (Phi) is 3.73. The minimum absolute atomic E-state index is 0.254. The lowest BCUT2D eigenvalue weighted by Gasteiger charge is -2.22. The molecule has 1 amide bonds. The summed E-state index contributed by atoms with van der Waals surface area (Å²) in [6.07, 6.45) is 2.70. The molecule has 4 N–H and O–H groups in total. The predicted molar refractivity (Wildman–Crippen MR) is 55.7 cm³/mol. The SMILES string of the molecule is CCCN=C(N)N1CCCC1C(N)=O. The van der Waals surface area contributed by atoms with E-state index in [2.05, 4.69) is 4.99 Å². The second kappa shape index (κ2) is 4.83. The molecule has 1 aliphatic heterocycles. The van der Waals surface area contributed by atoms with Gasteiger partial charge in [-0.1, -0.05) is 6.92 Å². The molecule has 0 bridgehead atoms. The van der Waals surface area contributed by atoms with E-state index in [4.69, 9.17) is 11.5 Å². The van der Waals surface area contributed by atoms with Gasteiger partial charge in [0.1, 0.15) is 6.04 Å². The molecule has 5 heteroatoms. The van der Waals surface area contributed by atoms with E-state index >= 15 is 0 Å². The molecular formula is C9H18N4O. The average molecular weight is 198 g/mol. The number of primary amides is 1. The molecule has 0 radical (unpaired) electrons. The van der Waals surface area contributed by atoms with Gasteiger partial charge in [0.05, 0.1) is 0 Å². The van der Waals surface area contributed by atoms with Crippen molar-refractivity contribution in [2.24, 2.45) is 16.5 Å². The van der Waals surface area contributed by atoms with Crippen LogP contribution in [0.1, 0.15) is 26.2 Å². The summed E-state index contributed by atoms with van der Waals surface area (Å²) in [6.45, 7) is 3.52. The number of nitrogens with two attached hydrogens (primary N) is 2. The first-order valence-corrected chi connectivity index (χ1v) is 5.02. The maximum atomic E-state index is 11.1. The number of amides is 1. The number of likely N-dealkylation sites (tertiary alicyclic amines) is 1. The van der Waals surface area contributed by atoms with E-state index in [9.17, 15) is 4.79 Å². The smallest absolute Gasteiger partial charge is 0.240 e. The quantitative estimate of drug-likeness (QED) is 0.480. The Bertz CT molecular complexity index is 239. The number of guanidine groups is 1. The molecule has 0 spiro atoms. The molecule has 0 aromatic rings. The van der Waals surface area contributed by atoms with Gasteiger partial charge in [0.25, 0.3) is 0 Å². The van der Waals surface area contributed by atoms with Crippen LogP contribution in [0.5, 0.6) is 0 Å². The second-order valence-electron chi connectivity index (χ2n) is 3.49. The van der Waals surface area contributed by atoms with Crippen molar-refractivity contribution in [1.82, 2.24) is 4.90 Å². The number of carbonyl (C=O) groups is 1. The third kappa shape index (κ3) is 2.37. The van der Waals surface area contributed by atoms with E-state index in [-0.39, 0.29) is 11.9 Å². The second-order valence-corrected chi connectivity index (χ2v) is 3.49. The molecule has 14 heavy (non-hydrogen) atoms. The van der Waals surface area contributed by atoms with Crippen molar-refractivity contribution in [3.63, 3.8) is 0 Å². The van der Waals surface area contributed by atoms with Gasteiger partial charge >= 0.3 is 0 Å². The zero-order chi connectivity index (χ0) is 10.6. The molecule has 1 rings (SSSR count). The molecule has 1 heterocycles. The molecule has 0 aromatic heterocycles. The highest BCUT2D eigenvalue weighted by atomic mass is 16.1. The zero-order valence-corrected chi connectivity index (χ0v) is 8.57. The van der Waals surface area contributed by atoms with Gasteiger partial charge in [0.15, 0.2) is 5.96 Å². The first kappa shape index (κ1) is 10.8. The van der Waals surface area contributed by atoms with Crippen molar-refractivity contribution < 1.29 is 4.79 Å². The third-order valence-corrected chi connectivity index (χ3v) is 2.37. The molecule has 0 saturated carbocycles. The maximum absolute atomic E-state index is 11.1. The van der Waals surface area contributed by atoms with E-state index < -0.39 is 0 Å². The van der Waals surface area contributed by atoms with Crippen molar-refractivity contribution >= 4 is 11.9 Å². The molecule has 5 nitrogen and oxygen atoms in total. The molecule has 1 saturated heterocycles. The monoisotopic (exact) mass is 198 g/mol. The van der Waals surface area contributed by atoms with E-state index in [1.54, 1.807) is 4.90 Å². The van der Waals surface area contributed by atoms with E-state index in [1.807, 2.05) is 6.92 Å². The first-order valence-electron chi connectivity index (χ1n) is 5.02. The fraction of sp³-hybridized carbons (Fsp3) is 0.778. The van der Waals surface area contributed by atoms with Gasteiger partial charge in [-0.25, -0.2) is 0 Å². The molecule has 1 atom stereocenters. The van der Waals surface area contributed by atoms with Crippen LogP contribution >= 0.6 is 0 Å². The van der Waals surface area contributed by atoms with Crippen molar-refractivity contribution in [3.8, 4) is 0 Å². The summed E-state index contributed by atoms with van der Waals surface area (Å²) in [5.74, 6) is 0.144. The van der Waals surface area contributed by atoms with Gasteiger partial charge in [0, 0.05) is 13.1 Å². The van der Waals surface area contributed by atoms with Crippen LogP contribution in [0.25, 0.3) is 0 Å². The van der Waals surface area contributed by atoms with Crippen molar-refractivity contribution in [2.75, 3.05) is 13.1 Å². The van der Waals surface area contributed by atoms with Crippen LogP contribution in [-0.2, 0) is 4.79 Å². The molecule has 1 unspecified atom stereocenters. The van der Waals surface area contributed by atoms with E-state index in [1.165, 1.54) is 0 Å². The van der Waals surface area contributed by atoms with Crippen LogP contribution in [-0.4, -0.2) is 35.9 Å². The minimum atomic E-state index is -0.308. The third-order valence-electron chi connectivity index (χ3n) is 2.37. The number of carbonyl (C=O) groups excluding carboxylic acids is 1. The number of aliphatic imine (C=N–C) groups is 1. The molecule has 1 aliphatic rings. The van der Waals surface area contributed by atoms with Gasteiger partial charge in [-0.2, -0.15) is 0 Å². The minimum Gasteiger partial charge on any atom is -0.370 e. The lowest BCUT2D eigenvalue weighted by Crippen LogP contribution is -2.47. The van der Waals surface area contributed by atoms with E-state index in [0.29, 0.717) is 12.5 Å². The van der Waals surface area contributed by atoms with Crippen LogP contribution in [0.3, 0.4) is 0 Å². The highest BCUT2D eigenvalue weighted by Crippen LogP contribution is 2.16. The Morgan fingerprint density at radius 2 is 2.29 bits per heavy atom. The number of hydrogen-bond acceptors (Lipinski definition) is 2. The normalized spacial score (nSPS) is 22.8. The van der Waals surface area contributed by atoms with Gasteiger partial charge in [-0.3, -0.25) is 9.79 Å². The summed E-state index contributed by atoms with van der Waals surface area (Å²) in [7, 11) is 0. The van der Waals surface area contributed by atoms with Crippen molar-refractivity contribution in [2.45, 2.75) is 32.2 Å². The van der Waals surface area contributed by atoms with Crippen molar-refractivity contribution in [3.05, 3.63) is 0 Å². The molecular weight excluding hydrogens is 180 g/mol. The topological polar surface area (TPSA) is 84.7 Å². The molecule has 0 aromatic carbocycles. The zero-order valence-electron chi connectivity index (χ0n) is 8.57.